The van der Waals surface area contributed by atoms with Gasteiger partial charge in [-0.15, -0.1) is 21.5 Å². The van der Waals surface area contributed by atoms with Crippen molar-refractivity contribution in [3.63, 3.8) is 0 Å². The SMILES string of the molecule is CC(C)(C)c1nnc(Sc2nc(-c3ccc(Cl)cc3)cs2)s1. The molecule has 0 bridgehead atoms. The summed E-state index contributed by atoms with van der Waals surface area (Å²) in [4.78, 5) is 4.65. The summed E-state index contributed by atoms with van der Waals surface area (Å²) in [5, 5.41) is 12.4. The molecule has 0 amide bonds. The van der Waals surface area contributed by atoms with Crippen LogP contribution in [0.25, 0.3) is 11.3 Å². The van der Waals surface area contributed by atoms with E-state index in [9.17, 15) is 0 Å². The Morgan fingerprint density at radius 1 is 1.05 bits per heavy atom. The van der Waals surface area contributed by atoms with Crippen LogP contribution in [0.15, 0.2) is 38.3 Å². The van der Waals surface area contributed by atoms with Gasteiger partial charge >= 0.3 is 0 Å². The molecule has 0 aliphatic heterocycles. The van der Waals surface area contributed by atoms with E-state index in [-0.39, 0.29) is 5.41 Å². The van der Waals surface area contributed by atoms with Gasteiger partial charge in [0.1, 0.15) is 5.01 Å². The number of aromatic nitrogens is 3. The predicted molar refractivity (Wildman–Crippen MR) is 95.3 cm³/mol. The maximum absolute atomic E-state index is 5.91. The number of benzene rings is 1. The molecule has 0 saturated heterocycles. The molecule has 0 radical (unpaired) electrons. The fraction of sp³-hybridized carbons (Fsp3) is 0.267. The third-order valence-electron chi connectivity index (χ3n) is 2.85. The first-order chi connectivity index (χ1) is 10.4. The summed E-state index contributed by atoms with van der Waals surface area (Å²) >= 11 is 10.7. The number of thiazole rings is 1. The molecule has 3 aromatic rings. The van der Waals surface area contributed by atoms with Crippen LogP contribution in [-0.4, -0.2) is 15.2 Å². The van der Waals surface area contributed by atoms with Crippen LogP contribution >= 0.6 is 46.0 Å². The normalized spacial score (nSPS) is 11.8. The van der Waals surface area contributed by atoms with E-state index in [4.69, 9.17) is 11.6 Å². The second-order valence-corrected chi connectivity index (χ2v) is 9.50. The molecule has 114 valence electrons. The first-order valence-electron chi connectivity index (χ1n) is 6.65. The molecular formula is C15H14ClN3S3. The third kappa shape index (κ3) is 3.68. The highest BCUT2D eigenvalue weighted by molar-refractivity contribution is 8.02. The Balaban J connectivity index is 1.77. The lowest BCUT2D eigenvalue weighted by atomic mass is 9.98. The molecule has 0 N–H and O–H groups in total. The zero-order valence-electron chi connectivity index (χ0n) is 12.3. The average molecular weight is 368 g/mol. The molecule has 0 spiro atoms. The predicted octanol–water partition coefficient (Wildman–Crippen LogP) is 5.76. The van der Waals surface area contributed by atoms with Gasteiger partial charge in [0.05, 0.1) is 5.69 Å². The van der Waals surface area contributed by atoms with Crippen molar-refractivity contribution in [1.29, 1.82) is 0 Å². The minimum atomic E-state index is 0.0355. The Labute approximate surface area is 146 Å². The number of hydrogen-bond donors (Lipinski definition) is 0. The van der Waals surface area contributed by atoms with Crippen LogP contribution in [-0.2, 0) is 5.41 Å². The number of hydrogen-bond acceptors (Lipinski definition) is 6. The number of rotatable bonds is 3. The van der Waals surface area contributed by atoms with E-state index in [0.29, 0.717) is 0 Å². The summed E-state index contributed by atoms with van der Waals surface area (Å²) in [7, 11) is 0. The maximum atomic E-state index is 5.91. The Kier molecular flexibility index (Phi) is 4.54. The Bertz CT molecular complexity index is 772. The summed E-state index contributed by atoms with van der Waals surface area (Å²) in [6, 6.07) is 7.72. The van der Waals surface area contributed by atoms with Gasteiger partial charge in [0.15, 0.2) is 8.68 Å². The third-order valence-corrected chi connectivity index (χ3v) is 6.44. The van der Waals surface area contributed by atoms with Crippen molar-refractivity contribution >= 4 is 46.0 Å². The molecule has 0 atom stereocenters. The van der Waals surface area contributed by atoms with Gasteiger partial charge in [0.2, 0.25) is 0 Å². The van der Waals surface area contributed by atoms with Crippen molar-refractivity contribution in [1.82, 2.24) is 15.2 Å². The summed E-state index contributed by atoms with van der Waals surface area (Å²) in [5.41, 5.74) is 2.07. The van der Waals surface area contributed by atoms with Gasteiger partial charge < -0.3 is 0 Å². The molecule has 3 nitrogen and oxygen atoms in total. The molecule has 3 rings (SSSR count). The number of nitrogens with zero attached hydrogens (tertiary/aromatic N) is 3. The number of halogens is 1. The monoisotopic (exact) mass is 367 g/mol. The topological polar surface area (TPSA) is 38.7 Å². The molecule has 0 unspecified atom stereocenters. The van der Waals surface area contributed by atoms with Crippen molar-refractivity contribution < 1.29 is 0 Å². The highest BCUT2D eigenvalue weighted by Crippen LogP contribution is 2.37. The van der Waals surface area contributed by atoms with E-state index in [1.165, 1.54) is 0 Å². The van der Waals surface area contributed by atoms with Crippen LogP contribution in [0.2, 0.25) is 5.02 Å². The van der Waals surface area contributed by atoms with Crippen LogP contribution in [0.4, 0.5) is 0 Å². The van der Waals surface area contributed by atoms with Crippen LogP contribution in [0.1, 0.15) is 25.8 Å². The van der Waals surface area contributed by atoms with Gasteiger partial charge in [-0.3, -0.25) is 0 Å². The van der Waals surface area contributed by atoms with Crippen LogP contribution in [0.3, 0.4) is 0 Å². The molecule has 7 heteroatoms. The second-order valence-electron chi connectivity index (χ2n) is 5.73. The molecule has 1 aromatic carbocycles. The second kappa shape index (κ2) is 6.28. The largest absolute Gasteiger partial charge is 0.229 e. The molecule has 0 aliphatic carbocycles. The summed E-state index contributed by atoms with van der Waals surface area (Å²) in [5.74, 6) is 0. The fourth-order valence-electron chi connectivity index (χ4n) is 1.69. The summed E-state index contributed by atoms with van der Waals surface area (Å²) in [6.07, 6.45) is 0. The van der Waals surface area contributed by atoms with E-state index in [0.717, 1.165) is 30.0 Å². The first kappa shape index (κ1) is 15.9. The molecule has 2 heterocycles. The Hall–Kier alpha value is -0.950. The van der Waals surface area contributed by atoms with Crippen molar-refractivity contribution in [3.8, 4) is 11.3 Å². The van der Waals surface area contributed by atoms with Crippen molar-refractivity contribution in [3.05, 3.63) is 39.7 Å². The molecule has 0 aliphatic rings. The van der Waals surface area contributed by atoms with E-state index in [2.05, 4.69) is 41.3 Å². The molecule has 0 saturated carbocycles. The minimum absolute atomic E-state index is 0.0355. The molecular weight excluding hydrogens is 354 g/mol. The first-order valence-corrected chi connectivity index (χ1v) is 9.54. The molecule has 0 fully saturated rings. The highest BCUT2D eigenvalue weighted by Gasteiger charge is 2.20. The van der Waals surface area contributed by atoms with Gasteiger partial charge in [-0.2, -0.15) is 0 Å². The van der Waals surface area contributed by atoms with Crippen molar-refractivity contribution in [2.24, 2.45) is 0 Å². The van der Waals surface area contributed by atoms with Gasteiger partial charge in [-0.25, -0.2) is 4.98 Å². The maximum Gasteiger partial charge on any atom is 0.181 e. The Morgan fingerprint density at radius 2 is 1.77 bits per heavy atom. The quantitative estimate of drug-likeness (QED) is 0.589. The van der Waals surface area contributed by atoms with Gasteiger partial charge in [-0.1, -0.05) is 55.8 Å². The minimum Gasteiger partial charge on any atom is -0.229 e. The standard InChI is InChI=1S/C15H14ClN3S3/c1-15(2,3)12-18-19-14(21-12)22-13-17-11(8-20-13)9-4-6-10(16)7-5-9/h4-8H,1-3H3. The summed E-state index contributed by atoms with van der Waals surface area (Å²) < 4.78 is 1.91. The van der Waals surface area contributed by atoms with Crippen molar-refractivity contribution in [2.45, 2.75) is 34.9 Å². The van der Waals surface area contributed by atoms with Gasteiger partial charge in [0.25, 0.3) is 0 Å². The summed E-state index contributed by atoms with van der Waals surface area (Å²) in [6.45, 7) is 6.43. The van der Waals surface area contributed by atoms with Crippen molar-refractivity contribution in [2.75, 3.05) is 0 Å². The Morgan fingerprint density at radius 3 is 2.41 bits per heavy atom. The molecule has 2 aromatic heterocycles. The lowest BCUT2D eigenvalue weighted by molar-refractivity contribution is 0.577. The van der Waals surface area contributed by atoms with E-state index >= 15 is 0 Å². The fourth-order valence-corrected chi connectivity index (χ4v) is 4.75. The van der Waals surface area contributed by atoms with Gasteiger partial charge in [0, 0.05) is 21.4 Å². The van der Waals surface area contributed by atoms with Crippen LogP contribution < -0.4 is 0 Å². The van der Waals surface area contributed by atoms with E-state index < -0.39 is 0 Å². The average Bonchev–Trinajstić information content (AvgIpc) is 3.09. The smallest absolute Gasteiger partial charge is 0.181 e. The van der Waals surface area contributed by atoms with Crippen LogP contribution in [0.5, 0.6) is 0 Å². The lowest BCUT2D eigenvalue weighted by Gasteiger charge is -2.12. The van der Waals surface area contributed by atoms with Crippen LogP contribution in [0, 0.1) is 0 Å². The molecule has 22 heavy (non-hydrogen) atoms. The zero-order chi connectivity index (χ0) is 15.7. The van der Waals surface area contributed by atoms with E-state index in [1.807, 2.05) is 24.3 Å². The zero-order valence-corrected chi connectivity index (χ0v) is 15.5. The lowest BCUT2D eigenvalue weighted by Crippen LogP contribution is -2.10. The van der Waals surface area contributed by atoms with Gasteiger partial charge in [-0.05, 0) is 23.9 Å². The highest BCUT2D eigenvalue weighted by atomic mass is 35.5. The van der Waals surface area contributed by atoms with E-state index in [1.54, 1.807) is 34.4 Å².